The lowest BCUT2D eigenvalue weighted by Crippen LogP contribution is -2.08. The van der Waals surface area contributed by atoms with E-state index in [4.69, 9.17) is 19.6 Å². The van der Waals surface area contributed by atoms with Gasteiger partial charge in [0.15, 0.2) is 0 Å². The Morgan fingerprint density at radius 1 is 1.06 bits per heavy atom. The molecule has 0 spiro atoms. The van der Waals surface area contributed by atoms with Crippen LogP contribution in [0.2, 0.25) is 0 Å². The van der Waals surface area contributed by atoms with Crippen LogP contribution in [0.4, 0.5) is 0 Å². The van der Waals surface area contributed by atoms with Crippen LogP contribution in [-0.4, -0.2) is 51.3 Å². The molecular formula is C28H28N4O4. The number of nitrogens with zero attached hydrogens (tertiary/aromatic N) is 2. The van der Waals surface area contributed by atoms with Crippen LogP contribution in [-0.2, 0) is 24.0 Å². The van der Waals surface area contributed by atoms with Crippen molar-refractivity contribution in [2.24, 2.45) is 0 Å². The first-order valence-corrected chi connectivity index (χ1v) is 12.0. The topological polar surface area (TPSA) is 113 Å². The predicted octanol–water partition coefficient (Wildman–Crippen LogP) is 4.36. The second-order valence-corrected chi connectivity index (χ2v) is 8.68. The second-order valence-electron chi connectivity index (χ2n) is 8.68. The Balaban J connectivity index is 1.22. The molecule has 3 heterocycles. The Bertz CT molecular complexity index is 1500. The fourth-order valence-electron chi connectivity index (χ4n) is 4.42. The van der Waals surface area contributed by atoms with E-state index >= 15 is 0 Å². The summed E-state index contributed by atoms with van der Waals surface area (Å²) in [5.74, 6) is 1.21. The summed E-state index contributed by atoms with van der Waals surface area (Å²) < 4.78 is 10.4. The highest BCUT2D eigenvalue weighted by atomic mass is 16.5. The number of rotatable bonds is 10. The van der Waals surface area contributed by atoms with Crippen molar-refractivity contribution in [1.82, 2.24) is 19.9 Å². The molecule has 5 rings (SSSR count). The Morgan fingerprint density at radius 2 is 1.94 bits per heavy atom. The molecular weight excluding hydrogens is 456 g/mol. The van der Waals surface area contributed by atoms with Gasteiger partial charge in [0.2, 0.25) is 0 Å². The summed E-state index contributed by atoms with van der Waals surface area (Å²) in [5.41, 5.74) is 5.64. The largest absolute Gasteiger partial charge is 0.497 e. The zero-order valence-corrected chi connectivity index (χ0v) is 20.1. The summed E-state index contributed by atoms with van der Waals surface area (Å²) in [6.07, 6.45) is 7.21. The minimum Gasteiger partial charge on any atom is -0.497 e. The van der Waals surface area contributed by atoms with Crippen LogP contribution in [0.3, 0.4) is 0 Å². The monoisotopic (exact) mass is 484 g/mol. The van der Waals surface area contributed by atoms with E-state index in [-0.39, 0.29) is 13.2 Å². The molecule has 8 nitrogen and oxygen atoms in total. The van der Waals surface area contributed by atoms with Crippen molar-refractivity contribution in [3.63, 3.8) is 0 Å². The van der Waals surface area contributed by atoms with Gasteiger partial charge in [0, 0.05) is 52.7 Å². The molecule has 0 radical (unpaired) electrons. The number of aliphatic hydroxyl groups is 1. The van der Waals surface area contributed by atoms with E-state index in [0.29, 0.717) is 12.1 Å². The first-order valence-electron chi connectivity index (χ1n) is 12.0. The van der Waals surface area contributed by atoms with E-state index in [1.807, 2.05) is 42.6 Å². The number of aliphatic hydroxyl groups excluding tert-OH is 1. The average molecular weight is 485 g/mol. The van der Waals surface area contributed by atoms with Crippen molar-refractivity contribution < 1.29 is 19.4 Å². The van der Waals surface area contributed by atoms with Crippen molar-refractivity contribution >= 4 is 27.8 Å². The summed E-state index contributed by atoms with van der Waals surface area (Å²) in [6.45, 7) is -0.221. The van der Waals surface area contributed by atoms with Crippen molar-refractivity contribution in [3.8, 4) is 5.75 Å². The van der Waals surface area contributed by atoms with Crippen molar-refractivity contribution in [1.29, 1.82) is 0 Å². The number of carbonyl (C=O) groups excluding carboxylic acids is 1. The summed E-state index contributed by atoms with van der Waals surface area (Å²) in [7, 11) is 1.68. The van der Waals surface area contributed by atoms with E-state index in [1.165, 1.54) is 10.9 Å². The normalized spacial score (nSPS) is 11.3. The molecule has 0 aliphatic carbocycles. The number of esters is 1. The maximum absolute atomic E-state index is 12.1. The third-order valence-corrected chi connectivity index (χ3v) is 6.20. The van der Waals surface area contributed by atoms with Crippen molar-refractivity contribution in [2.45, 2.75) is 25.7 Å². The molecule has 5 aromatic rings. The maximum atomic E-state index is 12.1. The van der Waals surface area contributed by atoms with E-state index in [9.17, 15) is 4.79 Å². The number of aryl methyl sites for hydroxylation is 2. The van der Waals surface area contributed by atoms with Gasteiger partial charge in [-0.05, 0) is 66.4 Å². The number of fused-ring (bicyclic) bond motifs is 2. The number of carbonyl (C=O) groups is 1. The number of hydrogen-bond acceptors (Lipinski definition) is 6. The van der Waals surface area contributed by atoms with Crippen LogP contribution in [0.1, 0.15) is 39.6 Å². The van der Waals surface area contributed by atoms with Crippen LogP contribution in [0.15, 0.2) is 60.9 Å². The van der Waals surface area contributed by atoms with Crippen LogP contribution < -0.4 is 4.74 Å². The van der Waals surface area contributed by atoms with E-state index in [2.05, 4.69) is 27.2 Å². The minimum absolute atomic E-state index is 0.0218. The summed E-state index contributed by atoms with van der Waals surface area (Å²) in [6, 6.07) is 15.8. The SMILES string of the molecule is COc1ccc2[nH]cc(CCCc3nccc(Cc4ccc5[nH]c(C(=O)OCCO)cc5c4)n3)c2c1. The van der Waals surface area contributed by atoms with Gasteiger partial charge in [-0.3, -0.25) is 0 Å². The Hall–Kier alpha value is -4.17. The van der Waals surface area contributed by atoms with Crippen LogP contribution >= 0.6 is 0 Å². The smallest absolute Gasteiger partial charge is 0.354 e. The van der Waals surface area contributed by atoms with Crippen molar-refractivity contribution in [2.75, 3.05) is 20.3 Å². The quantitative estimate of drug-likeness (QED) is 0.254. The molecule has 0 saturated carbocycles. The second kappa shape index (κ2) is 10.6. The Kier molecular flexibility index (Phi) is 6.95. The van der Waals surface area contributed by atoms with Gasteiger partial charge in [-0.1, -0.05) is 6.07 Å². The van der Waals surface area contributed by atoms with E-state index in [1.54, 1.807) is 13.2 Å². The summed E-state index contributed by atoms with van der Waals surface area (Å²) in [4.78, 5) is 27.7. The van der Waals surface area contributed by atoms with Gasteiger partial charge in [0.05, 0.1) is 13.7 Å². The van der Waals surface area contributed by atoms with Crippen LogP contribution in [0.5, 0.6) is 5.75 Å². The number of methoxy groups -OCH3 is 1. The molecule has 0 unspecified atom stereocenters. The molecule has 0 aliphatic rings. The average Bonchev–Trinajstić information content (AvgIpc) is 3.51. The van der Waals surface area contributed by atoms with Gasteiger partial charge in [-0.2, -0.15) is 0 Å². The first-order chi connectivity index (χ1) is 17.6. The van der Waals surface area contributed by atoms with Gasteiger partial charge in [0.1, 0.15) is 23.9 Å². The van der Waals surface area contributed by atoms with Crippen LogP contribution in [0.25, 0.3) is 21.8 Å². The van der Waals surface area contributed by atoms with Crippen LogP contribution in [0, 0.1) is 0 Å². The van der Waals surface area contributed by atoms with E-state index < -0.39 is 5.97 Å². The molecule has 8 heteroatoms. The molecule has 3 N–H and O–H groups in total. The highest BCUT2D eigenvalue weighted by molar-refractivity contribution is 5.95. The number of H-pyrrole nitrogens is 2. The number of aromatic amines is 2. The molecule has 184 valence electrons. The maximum Gasteiger partial charge on any atom is 0.354 e. The van der Waals surface area contributed by atoms with Gasteiger partial charge < -0.3 is 24.5 Å². The predicted molar refractivity (Wildman–Crippen MR) is 137 cm³/mol. The third-order valence-electron chi connectivity index (χ3n) is 6.20. The number of ether oxygens (including phenoxy) is 2. The zero-order valence-electron chi connectivity index (χ0n) is 20.1. The Morgan fingerprint density at radius 3 is 2.81 bits per heavy atom. The first kappa shape index (κ1) is 23.6. The highest BCUT2D eigenvalue weighted by Crippen LogP contribution is 2.25. The standard InChI is InChI=1S/C28H28N4O4/c1-35-22-6-8-25-23(16-22)19(17-30-25)3-2-4-27-29-10-9-21(31-27)14-18-5-7-24-20(13-18)15-26(32-24)28(34)36-12-11-33/h5-10,13,15-17,30,32-33H,2-4,11-12,14H2,1H3. The van der Waals surface area contributed by atoms with Gasteiger partial charge in [0.25, 0.3) is 0 Å². The lowest BCUT2D eigenvalue weighted by molar-refractivity contribution is 0.0428. The fraction of sp³-hybridized carbons (Fsp3) is 0.250. The molecule has 0 bridgehead atoms. The highest BCUT2D eigenvalue weighted by Gasteiger charge is 2.12. The Labute approximate surface area is 208 Å². The number of benzene rings is 2. The van der Waals surface area contributed by atoms with Crippen molar-refractivity contribution in [3.05, 3.63) is 89.3 Å². The lowest BCUT2D eigenvalue weighted by Gasteiger charge is -2.05. The summed E-state index contributed by atoms with van der Waals surface area (Å²) in [5, 5.41) is 11.0. The molecule has 0 saturated heterocycles. The lowest BCUT2D eigenvalue weighted by atomic mass is 10.1. The zero-order chi connectivity index (χ0) is 24.9. The number of aromatic nitrogens is 4. The van der Waals surface area contributed by atoms with E-state index in [0.717, 1.165) is 58.5 Å². The molecule has 2 aromatic carbocycles. The van der Waals surface area contributed by atoms with Gasteiger partial charge in [-0.25, -0.2) is 14.8 Å². The third kappa shape index (κ3) is 5.23. The van der Waals surface area contributed by atoms with Gasteiger partial charge in [-0.15, -0.1) is 0 Å². The molecule has 0 atom stereocenters. The van der Waals surface area contributed by atoms with Gasteiger partial charge >= 0.3 is 5.97 Å². The molecule has 36 heavy (non-hydrogen) atoms. The molecule has 0 amide bonds. The fourth-order valence-corrected chi connectivity index (χ4v) is 4.42. The summed E-state index contributed by atoms with van der Waals surface area (Å²) >= 11 is 0. The molecule has 3 aromatic heterocycles. The minimum atomic E-state index is -0.478. The molecule has 0 fully saturated rings. The number of hydrogen-bond donors (Lipinski definition) is 3. The number of nitrogens with one attached hydrogen (secondary N) is 2. The molecule has 0 aliphatic heterocycles.